The highest BCUT2D eigenvalue weighted by molar-refractivity contribution is 6.32. The molecule has 23 heavy (non-hydrogen) atoms. The van der Waals surface area contributed by atoms with Crippen LogP contribution in [-0.4, -0.2) is 30.0 Å². The number of carbonyl (C=O) groups is 2. The number of hydrogen-bond donors (Lipinski definition) is 3. The lowest BCUT2D eigenvalue weighted by Crippen LogP contribution is -2.15. The van der Waals surface area contributed by atoms with Gasteiger partial charge >= 0.3 is 0 Å². The van der Waals surface area contributed by atoms with Gasteiger partial charge in [0.05, 0.1) is 10.6 Å². The molecule has 0 aliphatic rings. The van der Waals surface area contributed by atoms with E-state index in [9.17, 15) is 9.59 Å². The maximum atomic E-state index is 11.2. The maximum Gasteiger partial charge on any atom is 0.250 e. The Bertz CT molecular complexity index is 699. The molecule has 0 saturated carbocycles. The Hall–Kier alpha value is -2.31. The Morgan fingerprint density at radius 1 is 1.30 bits per heavy atom. The molecular weight excluding hydrogens is 339 g/mol. The highest BCUT2D eigenvalue weighted by atomic mass is 35.5. The molecule has 2 amide bonds. The number of rotatable bonds is 7. The van der Waals surface area contributed by atoms with Crippen LogP contribution < -0.4 is 11.5 Å². The monoisotopic (exact) mass is 354 g/mol. The number of halogens is 2. The molecule has 1 rings (SSSR count). The lowest BCUT2D eigenvalue weighted by atomic mass is 10.1. The molecular formula is C15H16Cl2N4O2. The van der Waals surface area contributed by atoms with Gasteiger partial charge in [0.1, 0.15) is 0 Å². The summed E-state index contributed by atoms with van der Waals surface area (Å²) < 4.78 is 0. The summed E-state index contributed by atoms with van der Waals surface area (Å²) in [5, 5.41) is 7.71. The van der Waals surface area contributed by atoms with Crippen molar-refractivity contribution in [1.82, 2.24) is 4.90 Å². The number of nitrogens with zero attached hydrogens (tertiary/aromatic N) is 1. The molecule has 0 aliphatic heterocycles. The molecule has 0 radical (unpaired) electrons. The van der Waals surface area contributed by atoms with Crippen molar-refractivity contribution in [1.29, 1.82) is 5.41 Å². The summed E-state index contributed by atoms with van der Waals surface area (Å²) in [5.41, 5.74) is 11.4. The lowest BCUT2D eigenvalue weighted by Gasteiger charge is -2.15. The summed E-state index contributed by atoms with van der Waals surface area (Å²) >= 11 is 12.0. The van der Waals surface area contributed by atoms with Gasteiger partial charge in [-0.25, -0.2) is 0 Å². The zero-order valence-corrected chi connectivity index (χ0v) is 13.9. The molecule has 0 atom stereocenters. The second kappa shape index (κ2) is 8.36. The van der Waals surface area contributed by atoms with Crippen molar-refractivity contribution >= 4 is 41.2 Å². The number of carbonyl (C=O) groups excluding carboxylic acids is 2. The molecule has 0 unspecified atom stereocenters. The largest absolute Gasteiger partial charge is 0.375 e. The molecule has 0 fully saturated rings. The Morgan fingerprint density at radius 3 is 2.48 bits per heavy atom. The Balaban J connectivity index is 2.93. The third-order valence-corrected chi connectivity index (χ3v) is 3.18. The predicted octanol–water partition coefficient (Wildman–Crippen LogP) is 2.01. The van der Waals surface area contributed by atoms with E-state index in [-0.39, 0.29) is 10.6 Å². The minimum absolute atomic E-state index is 0.0154. The summed E-state index contributed by atoms with van der Waals surface area (Å²) in [5.74, 6) is -1.31. The van der Waals surface area contributed by atoms with Gasteiger partial charge in [-0.3, -0.25) is 9.59 Å². The van der Waals surface area contributed by atoms with Crippen molar-refractivity contribution in [2.24, 2.45) is 11.5 Å². The molecule has 1 aromatic carbocycles. The van der Waals surface area contributed by atoms with E-state index >= 15 is 0 Å². The zero-order chi connectivity index (χ0) is 17.6. The quantitative estimate of drug-likeness (QED) is 0.395. The highest BCUT2D eigenvalue weighted by Gasteiger charge is 2.07. The zero-order valence-electron chi connectivity index (χ0n) is 12.3. The van der Waals surface area contributed by atoms with Crippen molar-refractivity contribution in [3.05, 3.63) is 57.2 Å². The Kier molecular flexibility index (Phi) is 6.81. The molecule has 6 nitrogen and oxygen atoms in total. The first-order chi connectivity index (χ1) is 10.7. The number of nitrogens with two attached hydrogens (primary N) is 2. The van der Waals surface area contributed by atoms with Gasteiger partial charge in [0.25, 0.3) is 0 Å². The van der Waals surface area contributed by atoms with Crippen LogP contribution in [-0.2, 0) is 11.3 Å². The van der Waals surface area contributed by atoms with Crippen LogP contribution in [0.1, 0.15) is 15.9 Å². The maximum absolute atomic E-state index is 11.2. The molecule has 0 aromatic heterocycles. The average molecular weight is 355 g/mol. The van der Waals surface area contributed by atoms with Gasteiger partial charge in [-0.15, -0.1) is 0 Å². The number of allylic oxidation sites excluding steroid dienone is 2. The fourth-order valence-electron chi connectivity index (χ4n) is 1.80. The molecule has 0 heterocycles. The number of nitrogens with one attached hydrogen (secondary N) is 1. The molecule has 0 spiro atoms. The van der Waals surface area contributed by atoms with Crippen molar-refractivity contribution in [3.63, 3.8) is 0 Å². The molecule has 0 saturated heterocycles. The topological polar surface area (TPSA) is 113 Å². The van der Waals surface area contributed by atoms with E-state index in [1.165, 1.54) is 12.1 Å². The molecule has 8 heteroatoms. The van der Waals surface area contributed by atoms with E-state index in [0.29, 0.717) is 17.1 Å². The number of amides is 2. The van der Waals surface area contributed by atoms with Crippen LogP contribution in [0.3, 0.4) is 0 Å². The second-order valence-electron chi connectivity index (χ2n) is 4.75. The smallest absolute Gasteiger partial charge is 0.250 e. The van der Waals surface area contributed by atoms with E-state index in [1.54, 1.807) is 30.3 Å². The standard InChI is InChI=1S/C15H16Cl2N4O2/c1-21(8-13(17)5-11(6-18)15(20)23)7-9-2-10(14(19)22)4-12(16)3-9/h2-6,8,18H,7H2,1H3,(H2,19,22)(H2,20,23)/b11-5+,13-8+,18-6?. The summed E-state index contributed by atoms with van der Waals surface area (Å²) in [6.45, 7) is 0.404. The first kappa shape index (κ1) is 18.7. The van der Waals surface area contributed by atoms with Crippen LogP contribution in [0, 0.1) is 5.41 Å². The third kappa shape index (κ3) is 6.14. The minimum Gasteiger partial charge on any atom is -0.375 e. The average Bonchev–Trinajstić information content (AvgIpc) is 2.43. The van der Waals surface area contributed by atoms with Gasteiger partial charge in [0.15, 0.2) is 0 Å². The third-order valence-electron chi connectivity index (χ3n) is 2.75. The number of primary amides is 2. The predicted molar refractivity (Wildman–Crippen MR) is 91.4 cm³/mol. The fraction of sp³-hybridized carbons (Fsp3) is 0.133. The lowest BCUT2D eigenvalue weighted by molar-refractivity contribution is -0.114. The molecule has 122 valence electrons. The van der Waals surface area contributed by atoms with E-state index in [4.69, 9.17) is 40.1 Å². The second-order valence-corrected chi connectivity index (χ2v) is 5.62. The van der Waals surface area contributed by atoms with E-state index < -0.39 is 11.8 Å². The van der Waals surface area contributed by atoms with E-state index in [1.807, 2.05) is 0 Å². The summed E-state index contributed by atoms with van der Waals surface area (Å²) in [4.78, 5) is 24.0. The van der Waals surface area contributed by atoms with Crippen LogP contribution in [0.15, 0.2) is 41.1 Å². The molecule has 0 aliphatic carbocycles. The fourth-order valence-corrected chi connectivity index (χ4v) is 2.34. The first-order valence-electron chi connectivity index (χ1n) is 6.41. The van der Waals surface area contributed by atoms with Crippen LogP contribution >= 0.6 is 23.2 Å². The van der Waals surface area contributed by atoms with Gasteiger partial charge in [-0.2, -0.15) is 0 Å². The van der Waals surface area contributed by atoms with Crippen LogP contribution in [0.2, 0.25) is 5.02 Å². The van der Waals surface area contributed by atoms with Crippen LogP contribution in [0.25, 0.3) is 0 Å². The normalized spacial score (nSPS) is 12.0. The summed E-state index contributed by atoms with van der Waals surface area (Å²) in [7, 11) is 1.75. The summed E-state index contributed by atoms with van der Waals surface area (Å²) in [6, 6.07) is 4.82. The van der Waals surface area contributed by atoms with Crippen molar-refractivity contribution in [2.45, 2.75) is 6.54 Å². The van der Waals surface area contributed by atoms with Crippen molar-refractivity contribution in [3.8, 4) is 0 Å². The SMILES string of the molecule is CN(/C=C(Cl)\C=C(/C=N)C(N)=O)Cc1cc(Cl)cc(C(N)=O)c1. The van der Waals surface area contributed by atoms with Gasteiger partial charge < -0.3 is 21.8 Å². The first-order valence-corrected chi connectivity index (χ1v) is 7.17. The molecule has 5 N–H and O–H groups in total. The minimum atomic E-state index is -0.741. The molecule has 0 bridgehead atoms. The Labute approximate surface area is 143 Å². The number of benzene rings is 1. The van der Waals surface area contributed by atoms with Gasteiger partial charge in [0.2, 0.25) is 11.8 Å². The van der Waals surface area contributed by atoms with E-state index in [2.05, 4.69) is 0 Å². The van der Waals surface area contributed by atoms with Crippen LogP contribution in [0.4, 0.5) is 0 Å². The van der Waals surface area contributed by atoms with Crippen LogP contribution in [0.5, 0.6) is 0 Å². The summed E-state index contributed by atoms with van der Waals surface area (Å²) in [6.07, 6.45) is 3.67. The van der Waals surface area contributed by atoms with Gasteiger partial charge in [0, 0.05) is 36.6 Å². The highest BCUT2D eigenvalue weighted by Crippen LogP contribution is 2.17. The van der Waals surface area contributed by atoms with Gasteiger partial charge in [-0.1, -0.05) is 23.2 Å². The van der Waals surface area contributed by atoms with Crippen molar-refractivity contribution in [2.75, 3.05) is 7.05 Å². The Morgan fingerprint density at radius 2 is 1.96 bits per heavy atom. The number of hydrogen-bond acceptors (Lipinski definition) is 4. The van der Waals surface area contributed by atoms with Gasteiger partial charge in [-0.05, 0) is 29.8 Å². The van der Waals surface area contributed by atoms with E-state index in [0.717, 1.165) is 11.8 Å². The molecule has 1 aromatic rings. The van der Waals surface area contributed by atoms with Crippen molar-refractivity contribution < 1.29 is 9.59 Å².